The van der Waals surface area contributed by atoms with Gasteiger partial charge in [0.25, 0.3) is 0 Å². The predicted octanol–water partition coefficient (Wildman–Crippen LogP) is -0.583. The summed E-state index contributed by atoms with van der Waals surface area (Å²) in [4.78, 5) is 2.02. The lowest BCUT2D eigenvalue weighted by Crippen LogP contribution is -2.44. The Labute approximate surface area is 82.5 Å². The largest absolute Gasteiger partial charge is 0.391 e. The van der Waals surface area contributed by atoms with Gasteiger partial charge in [-0.15, -0.1) is 0 Å². The highest BCUT2D eigenvalue weighted by molar-refractivity contribution is 5.28. The second-order valence-corrected chi connectivity index (χ2v) is 3.88. The zero-order chi connectivity index (χ0) is 10.1. The number of β-amino-alcohol motifs (C(OH)–C–C–N with tert-alkyl or cyclic N) is 1. The molecule has 0 radical (unpaired) electrons. The molecule has 1 saturated heterocycles. The van der Waals surface area contributed by atoms with Gasteiger partial charge in [-0.25, -0.2) is 4.68 Å². The van der Waals surface area contributed by atoms with Crippen molar-refractivity contribution < 1.29 is 5.11 Å². The van der Waals surface area contributed by atoms with Crippen molar-refractivity contribution in [1.29, 1.82) is 0 Å². The zero-order valence-corrected chi connectivity index (χ0v) is 8.46. The van der Waals surface area contributed by atoms with Crippen LogP contribution in [0.5, 0.6) is 0 Å². The van der Waals surface area contributed by atoms with Crippen LogP contribution in [0.25, 0.3) is 0 Å². The number of piperidine rings is 1. The number of tetrazole rings is 1. The van der Waals surface area contributed by atoms with Gasteiger partial charge in [-0.1, -0.05) is 12.0 Å². The summed E-state index contributed by atoms with van der Waals surface area (Å²) < 4.78 is 1.63. The molecule has 0 amide bonds. The Balaban J connectivity index is 2.10. The molecule has 1 aliphatic rings. The molecule has 0 aromatic carbocycles. The quantitative estimate of drug-likeness (QED) is 0.652. The van der Waals surface area contributed by atoms with Crippen LogP contribution in [0.3, 0.4) is 0 Å². The molecule has 6 nitrogen and oxygen atoms in total. The summed E-state index contributed by atoms with van der Waals surface area (Å²) in [6.45, 7) is 3.60. The summed E-state index contributed by atoms with van der Waals surface area (Å²) in [5.74, 6) is 1.10. The average Bonchev–Trinajstić information content (AvgIpc) is 2.57. The third-order valence-electron chi connectivity index (χ3n) is 2.80. The van der Waals surface area contributed by atoms with Gasteiger partial charge in [0, 0.05) is 20.1 Å². The van der Waals surface area contributed by atoms with E-state index in [4.69, 9.17) is 0 Å². The molecule has 0 bridgehead atoms. The smallest absolute Gasteiger partial charge is 0.245 e. The van der Waals surface area contributed by atoms with Crippen molar-refractivity contribution in [2.45, 2.75) is 19.4 Å². The molecule has 2 rings (SSSR count). The van der Waals surface area contributed by atoms with Crippen molar-refractivity contribution >= 4 is 5.95 Å². The Morgan fingerprint density at radius 3 is 2.86 bits per heavy atom. The van der Waals surface area contributed by atoms with Crippen molar-refractivity contribution in [2.24, 2.45) is 13.0 Å². The number of hydrogen-bond donors (Lipinski definition) is 1. The third-order valence-corrected chi connectivity index (χ3v) is 2.80. The molecule has 6 heteroatoms. The van der Waals surface area contributed by atoms with Gasteiger partial charge in [0.2, 0.25) is 5.95 Å². The van der Waals surface area contributed by atoms with Gasteiger partial charge in [-0.05, 0) is 22.8 Å². The Morgan fingerprint density at radius 2 is 2.29 bits per heavy atom. The monoisotopic (exact) mass is 197 g/mol. The Kier molecular flexibility index (Phi) is 2.37. The molecular formula is C8H15N5O. The van der Waals surface area contributed by atoms with Gasteiger partial charge in [0.15, 0.2) is 0 Å². The molecule has 78 valence electrons. The number of anilines is 1. The van der Waals surface area contributed by atoms with E-state index in [9.17, 15) is 5.11 Å². The maximum absolute atomic E-state index is 9.72. The minimum atomic E-state index is -0.277. The van der Waals surface area contributed by atoms with E-state index < -0.39 is 0 Å². The van der Waals surface area contributed by atoms with Crippen molar-refractivity contribution in [2.75, 3.05) is 18.0 Å². The molecule has 2 unspecified atom stereocenters. The standard InChI is InChI=1S/C8H15N5O/c1-6-3-4-13(5-7(6)14)8-9-10-11-12(8)2/h6-7,14H,3-5H2,1-2H3. The van der Waals surface area contributed by atoms with Crippen LogP contribution in [0.15, 0.2) is 0 Å². The van der Waals surface area contributed by atoms with Crippen LogP contribution in [0.1, 0.15) is 13.3 Å². The first-order chi connectivity index (χ1) is 6.68. The number of hydrogen-bond acceptors (Lipinski definition) is 5. The number of aromatic nitrogens is 4. The predicted molar refractivity (Wildman–Crippen MR) is 50.8 cm³/mol. The Morgan fingerprint density at radius 1 is 1.50 bits per heavy atom. The maximum atomic E-state index is 9.72. The summed E-state index contributed by atoms with van der Waals surface area (Å²) in [6.07, 6.45) is 0.703. The normalized spacial score (nSPS) is 28.1. The van der Waals surface area contributed by atoms with Crippen LogP contribution in [0.2, 0.25) is 0 Å². The van der Waals surface area contributed by atoms with E-state index in [0.29, 0.717) is 12.5 Å². The van der Waals surface area contributed by atoms with Crippen LogP contribution in [-0.2, 0) is 7.05 Å². The van der Waals surface area contributed by atoms with Crippen LogP contribution >= 0.6 is 0 Å². The second-order valence-electron chi connectivity index (χ2n) is 3.88. The lowest BCUT2D eigenvalue weighted by molar-refractivity contribution is 0.102. The number of aliphatic hydroxyl groups is 1. The molecule has 0 saturated carbocycles. The van der Waals surface area contributed by atoms with Crippen molar-refractivity contribution in [3.05, 3.63) is 0 Å². The molecule has 14 heavy (non-hydrogen) atoms. The molecule has 1 fully saturated rings. The fraction of sp³-hybridized carbons (Fsp3) is 0.875. The van der Waals surface area contributed by atoms with Crippen molar-refractivity contribution in [3.8, 4) is 0 Å². The third kappa shape index (κ3) is 1.57. The first kappa shape index (κ1) is 9.39. The number of aliphatic hydroxyl groups excluding tert-OH is 1. The number of aryl methyl sites for hydroxylation is 1. The van der Waals surface area contributed by atoms with Gasteiger partial charge in [-0.3, -0.25) is 0 Å². The summed E-state index contributed by atoms with van der Waals surface area (Å²) in [6, 6.07) is 0. The minimum absolute atomic E-state index is 0.277. The van der Waals surface area contributed by atoms with Gasteiger partial charge >= 0.3 is 0 Å². The van der Waals surface area contributed by atoms with E-state index >= 15 is 0 Å². The lowest BCUT2D eigenvalue weighted by Gasteiger charge is -2.33. The fourth-order valence-corrected chi connectivity index (χ4v) is 1.72. The molecule has 1 aliphatic heterocycles. The molecule has 0 spiro atoms. The Bertz CT molecular complexity index is 312. The van der Waals surface area contributed by atoms with Gasteiger partial charge in [-0.2, -0.15) is 0 Å². The van der Waals surface area contributed by atoms with Gasteiger partial charge in [0.1, 0.15) is 0 Å². The van der Waals surface area contributed by atoms with Gasteiger partial charge in [0.05, 0.1) is 6.10 Å². The highest BCUT2D eigenvalue weighted by atomic mass is 16.3. The molecule has 2 heterocycles. The van der Waals surface area contributed by atoms with E-state index in [1.54, 1.807) is 11.7 Å². The number of nitrogens with zero attached hydrogens (tertiary/aromatic N) is 5. The molecule has 1 aromatic rings. The summed E-state index contributed by atoms with van der Waals surface area (Å²) in [5, 5.41) is 21.0. The highest BCUT2D eigenvalue weighted by Crippen LogP contribution is 2.20. The summed E-state index contributed by atoms with van der Waals surface area (Å²) in [5.41, 5.74) is 0. The Hall–Kier alpha value is -1.17. The lowest BCUT2D eigenvalue weighted by atomic mass is 9.96. The second kappa shape index (κ2) is 3.53. The van der Waals surface area contributed by atoms with E-state index in [0.717, 1.165) is 18.9 Å². The molecule has 1 aromatic heterocycles. The first-order valence-corrected chi connectivity index (χ1v) is 4.84. The van der Waals surface area contributed by atoms with Crippen LogP contribution in [0, 0.1) is 5.92 Å². The highest BCUT2D eigenvalue weighted by Gasteiger charge is 2.26. The first-order valence-electron chi connectivity index (χ1n) is 4.84. The van der Waals surface area contributed by atoms with Crippen LogP contribution < -0.4 is 4.90 Å². The average molecular weight is 197 g/mol. The molecule has 0 aliphatic carbocycles. The maximum Gasteiger partial charge on any atom is 0.245 e. The van der Waals surface area contributed by atoms with E-state index in [2.05, 4.69) is 22.4 Å². The SMILES string of the molecule is CC1CCN(c2nnnn2C)CC1O. The molecule has 1 N–H and O–H groups in total. The van der Waals surface area contributed by atoms with Crippen molar-refractivity contribution in [1.82, 2.24) is 20.2 Å². The zero-order valence-electron chi connectivity index (χ0n) is 8.46. The van der Waals surface area contributed by atoms with Crippen molar-refractivity contribution in [3.63, 3.8) is 0 Å². The van der Waals surface area contributed by atoms with E-state index in [1.807, 2.05) is 4.90 Å². The van der Waals surface area contributed by atoms with Crippen LogP contribution in [-0.4, -0.2) is 44.5 Å². The summed E-state index contributed by atoms with van der Waals surface area (Å²) >= 11 is 0. The van der Waals surface area contributed by atoms with Gasteiger partial charge < -0.3 is 10.0 Å². The minimum Gasteiger partial charge on any atom is -0.391 e. The molecule has 2 atom stereocenters. The topological polar surface area (TPSA) is 67.1 Å². The molecular weight excluding hydrogens is 182 g/mol. The fourth-order valence-electron chi connectivity index (χ4n) is 1.72. The van der Waals surface area contributed by atoms with Crippen LogP contribution in [0.4, 0.5) is 5.95 Å². The van der Waals surface area contributed by atoms with E-state index in [1.165, 1.54) is 0 Å². The van der Waals surface area contributed by atoms with E-state index in [-0.39, 0.29) is 6.10 Å². The number of rotatable bonds is 1. The summed E-state index contributed by atoms with van der Waals surface area (Å²) in [7, 11) is 1.81.